The first-order valence-corrected chi connectivity index (χ1v) is 4.27. The number of hydrogen-bond donors (Lipinski definition) is 3. The number of nitrogens with zero attached hydrogens (tertiary/aromatic N) is 2. The molecule has 0 aliphatic carbocycles. The van der Waals surface area contributed by atoms with Gasteiger partial charge in [0.05, 0.1) is 12.2 Å². The van der Waals surface area contributed by atoms with Crippen LogP contribution in [0.25, 0.3) is 0 Å². The van der Waals surface area contributed by atoms with E-state index in [9.17, 15) is 9.59 Å². The van der Waals surface area contributed by atoms with Gasteiger partial charge in [0.1, 0.15) is 11.4 Å². The van der Waals surface area contributed by atoms with Crippen LogP contribution in [0.2, 0.25) is 0 Å². The molecule has 1 rings (SSSR count). The zero-order valence-electron chi connectivity index (χ0n) is 8.39. The highest BCUT2D eigenvalue weighted by Gasteiger charge is 2.21. The van der Waals surface area contributed by atoms with Gasteiger partial charge in [0.2, 0.25) is 12.2 Å². The van der Waals surface area contributed by atoms with Crippen LogP contribution < -0.4 is 10.8 Å². The summed E-state index contributed by atoms with van der Waals surface area (Å²) < 4.78 is 1.32. The van der Waals surface area contributed by atoms with E-state index in [0.717, 1.165) is 0 Å². The molecule has 0 radical (unpaired) electrons. The Balaban J connectivity index is 2.98. The van der Waals surface area contributed by atoms with Crippen LogP contribution in [0.1, 0.15) is 17.4 Å². The maximum absolute atomic E-state index is 11.8. The second kappa shape index (κ2) is 4.56. The first-order valence-electron chi connectivity index (χ1n) is 4.27. The molecule has 0 aliphatic rings. The summed E-state index contributed by atoms with van der Waals surface area (Å²) in [4.78, 5) is 21.9. The molecular weight excluding hydrogens is 200 g/mol. The zero-order valence-corrected chi connectivity index (χ0v) is 8.39. The lowest BCUT2D eigenvalue weighted by Crippen LogP contribution is -2.34. The molecule has 0 bridgehead atoms. The van der Waals surface area contributed by atoms with Gasteiger partial charge in [0.15, 0.2) is 0 Å². The summed E-state index contributed by atoms with van der Waals surface area (Å²) in [5.74, 6) is -0.335. The molecule has 3 N–H and O–H groups in total. The molecule has 1 amide bonds. The van der Waals surface area contributed by atoms with Crippen molar-refractivity contribution >= 4 is 17.9 Å². The Morgan fingerprint density at radius 2 is 2.40 bits per heavy atom. The van der Waals surface area contributed by atoms with Crippen molar-refractivity contribution in [1.29, 1.82) is 0 Å². The van der Waals surface area contributed by atoms with Gasteiger partial charge in [-0.2, -0.15) is 5.10 Å². The van der Waals surface area contributed by atoms with E-state index in [2.05, 4.69) is 10.4 Å². The van der Waals surface area contributed by atoms with Crippen molar-refractivity contribution in [2.24, 2.45) is 7.05 Å². The van der Waals surface area contributed by atoms with Crippen molar-refractivity contribution in [2.45, 2.75) is 13.0 Å². The first-order chi connectivity index (χ1) is 7.11. The van der Waals surface area contributed by atoms with Crippen LogP contribution in [0.15, 0.2) is 6.20 Å². The van der Waals surface area contributed by atoms with Gasteiger partial charge < -0.3 is 5.32 Å². The quantitative estimate of drug-likeness (QED) is 0.348. The molecule has 0 saturated heterocycles. The number of ketones is 1. The van der Waals surface area contributed by atoms with Gasteiger partial charge >= 0.3 is 0 Å². The van der Waals surface area contributed by atoms with Crippen molar-refractivity contribution in [3.05, 3.63) is 11.9 Å². The van der Waals surface area contributed by atoms with Gasteiger partial charge in [0, 0.05) is 7.05 Å². The highest BCUT2D eigenvalue weighted by molar-refractivity contribution is 6.03. The molecule has 1 atom stereocenters. The van der Waals surface area contributed by atoms with Crippen LogP contribution in [0.5, 0.6) is 0 Å². The maximum atomic E-state index is 11.8. The number of rotatable bonds is 5. The van der Waals surface area contributed by atoms with E-state index >= 15 is 0 Å². The van der Waals surface area contributed by atoms with Gasteiger partial charge in [-0.25, -0.2) is 0 Å². The lowest BCUT2D eigenvalue weighted by Gasteiger charge is -2.10. The first kappa shape index (κ1) is 11.2. The Morgan fingerprint density at radius 1 is 1.73 bits per heavy atom. The summed E-state index contributed by atoms with van der Waals surface area (Å²) in [6, 6.07) is -0.662. The molecule has 82 valence electrons. The summed E-state index contributed by atoms with van der Waals surface area (Å²) in [5, 5.41) is 14.9. The Kier molecular flexibility index (Phi) is 3.40. The fraction of sp³-hybridized carbons (Fsp3) is 0.375. The molecule has 7 heteroatoms. The second-order valence-electron chi connectivity index (χ2n) is 3.01. The molecule has 0 aromatic carbocycles. The minimum absolute atomic E-state index is 0.208. The number of carbonyl (C=O) groups is 2. The van der Waals surface area contributed by atoms with Crippen molar-refractivity contribution in [2.75, 3.05) is 5.48 Å². The molecule has 1 aromatic heterocycles. The smallest absolute Gasteiger partial charge is 0.207 e. The molecule has 1 aromatic rings. The zero-order chi connectivity index (χ0) is 11.4. The van der Waals surface area contributed by atoms with Crippen LogP contribution in [0, 0.1) is 0 Å². The normalized spacial score (nSPS) is 11.9. The summed E-state index contributed by atoms with van der Waals surface area (Å²) >= 11 is 0. The Hall–Kier alpha value is -1.89. The van der Waals surface area contributed by atoms with Crippen LogP contribution in [0.3, 0.4) is 0 Å². The van der Waals surface area contributed by atoms with Gasteiger partial charge in [-0.3, -0.25) is 25.0 Å². The van der Waals surface area contributed by atoms with Crippen molar-refractivity contribution < 1.29 is 14.8 Å². The van der Waals surface area contributed by atoms with Gasteiger partial charge in [0.25, 0.3) is 0 Å². The van der Waals surface area contributed by atoms with E-state index < -0.39 is 6.04 Å². The second-order valence-corrected chi connectivity index (χ2v) is 3.01. The largest absolute Gasteiger partial charge is 0.349 e. The number of carbonyl (C=O) groups excluding carboxylic acids is 2. The summed E-state index contributed by atoms with van der Waals surface area (Å²) in [6.07, 6.45) is 1.77. The van der Waals surface area contributed by atoms with E-state index in [1.54, 1.807) is 14.0 Å². The highest BCUT2D eigenvalue weighted by atomic mass is 16.5. The monoisotopic (exact) mass is 212 g/mol. The minimum Gasteiger partial charge on any atom is -0.349 e. The molecular formula is C8H12N4O3. The summed E-state index contributed by atoms with van der Waals surface area (Å²) in [6.45, 7) is 1.55. The lowest BCUT2D eigenvalue weighted by molar-refractivity contribution is -0.109. The van der Waals surface area contributed by atoms with Crippen LogP contribution in [-0.2, 0) is 11.8 Å². The van der Waals surface area contributed by atoms with E-state index in [0.29, 0.717) is 6.41 Å². The fourth-order valence-corrected chi connectivity index (χ4v) is 1.19. The SMILES string of the molecule is CC(NC=O)C(=O)c1c(NO)cnn1C. The highest BCUT2D eigenvalue weighted by Crippen LogP contribution is 2.14. The molecule has 15 heavy (non-hydrogen) atoms. The number of hydrogen-bond acceptors (Lipinski definition) is 5. The van der Waals surface area contributed by atoms with Gasteiger partial charge in [-0.05, 0) is 6.92 Å². The molecule has 1 heterocycles. The minimum atomic E-state index is -0.662. The molecule has 0 spiro atoms. The summed E-state index contributed by atoms with van der Waals surface area (Å²) in [7, 11) is 1.57. The van der Waals surface area contributed by atoms with E-state index in [1.165, 1.54) is 10.9 Å². The average molecular weight is 212 g/mol. The van der Waals surface area contributed by atoms with Crippen molar-refractivity contribution in [1.82, 2.24) is 15.1 Å². The molecule has 0 fully saturated rings. The Bertz CT molecular complexity index is 374. The number of anilines is 1. The topological polar surface area (TPSA) is 96.2 Å². The predicted octanol–water partition coefficient (Wildman–Crippen LogP) is -0.462. The fourth-order valence-electron chi connectivity index (χ4n) is 1.19. The Morgan fingerprint density at radius 3 is 2.93 bits per heavy atom. The Labute approximate surface area is 86.0 Å². The van der Waals surface area contributed by atoms with Gasteiger partial charge in [-0.15, -0.1) is 0 Å². The van der Waals surface area contributed by atoms with Crippen LogP contribution >= 0.6 is 0 Å². The third-order valence-electron chi connectivity index (χ3n) is 2.00. The maximum Gasteiger partial charge on any atom is 0.207 e. The van der Waals surface area contributed by atoms with Crippen molar-refractivity contribution in [3.8, 4) is 0 Å². The summed E-state index contributed by atoms with van der Waals surface area (Å²) in [5.41, 5.74) is 2.29. The number of aryl methyl sites for hydroxylation is 1. The van der Waals surface area contributed by atoms with Gasteiger partial charge in [-0.1, -0.05) is 0 Å². The van der Waals surface area contributed by atoms with Crippen LogP contribution in [-0.4, -0.2) is 33.2 Å². The average Bonchev–Trinajstić information content (AvgIpc) is 2.58. The van der Waals surface area contributed by atoms with Crippen molar-refractivity contribution in [3.63, 3.8) is 0 Å². The molecule has 0 saturated carbocycles. The van der Waals surface area contributed by atoms with E-state index in [4.69, 9.17) is 5.21 Å². The van der Waals surface area contributed by atoms with E-state index in [-0.39, 0.29) is 17.2 Å². The predicted molar refractivity (Wildman–Crippen MR) is 51.6 cm³/mol. The molecule has 0 aliphatic heterocycles. The third kappa shape index (κ3) is 2.13. The number of Topliss-reactive ketones (excluding diaryl/α,β-unsaturated/α-hetero) is 1. The molecule has 7 nitrogen and oxygen atoms in total. The number of amides is 1. The number of nitrogens with one attached hydrogen (secondary N) is 2. The standard InChI is InChI=1S/C8H12N4O3/c1-5(9-4-13)8(14)7-6(11-15)3-10-12(7)2/h3-5,11,15H,1-2H3,(H,9,13). The third-order valence-corrected chi connectivity index (χ3v) is 2.00. The lowest BCUT2D eigenvalue weighted by atomic mass is 10.1. The molecule has 1 unspecified atom stereocenters. The van der Waals surface area contributed by atoms with E-state index in [1.807, 2.05) is 5.48 Å². The number of aromatic nitrogens is 2. The van der Waals surface area contributed by atoms with Crippen LogP contribution in [0.4, 0.5) is 5.69 Å².